The Kier molecular flexibility index (Phi) is 4.80. The first-order valence-corrected chi connectivity index (χ1v) is 9.28. The van der Waals surface area contributed by atoms with Crippen LogP contribution in [0.5, 0.6) is 0 Å². The number of aryl methyl sites for hydroxylation is 1. The smallest absolute Gasteiger partial charge is 0.110 e. The standard InChI is InChI=1S/C21H25N5/c1-16-24-13-19(25(16)2)21-20(22-10-11-23-21)18-9-6-12-26(15-18)14-17-7-4-3-5-8-17/h3-5,7-8,10-11,13,18H,6,9,12,14-15H2,1-2H3/t18-/m0/s1. The molecular weight excluding hydrogens is 322 g/mol. The average Bonchev–Trinajstić information content (AvgIpc) is 3.01. The van der Waals surface area contributed by atoms with E-state index in [0.717, 1.165) is 49.0 Å². The largest absolute Gasteiger partial charge is 0.330 e. The van der Waals surface area contributed by atoms with Crippen LogP contribution in [0, 0.1) is 6.92 Å². The van der Waals surface area contributed by atoms with E-state index in [1.165, 1.54) is 12.0 Å². The van der Waals surface area contributed by atoms with E-state index in [-0.39, 0.29) is 0 Å². The summed E-state index contributed by atoms with van der Waals surface area (Å²) in [5, 5.41) is 0. The second-order valence-electron chi connectivity index (χ2n) is 7.10. The molecule has 0 amide bonds. The number of rotatable bonds is 4. The van der Waals surface area contributed by atoms with Crippen LogP contribution >= 0.6 is 0 Å². The van der Waals surface area contributed by atoms with Crippen molar-refractivity contribution in [2.45, 2.75) is 32.2 Å². The molecule has 0 saturated carbocycles. The van der Waals surface area contributed by atoms with Crippen molar-refractivity contribution >= 4 is 0 Å². The molecule has 1 aliphatic rings. The molecule has 5 nitrogen and oxygen atoms in total. The maximum atomic E-state index is 4.74. The van der Waals surface area contributed by atoms with Crippen molar-refractivity contribution in [2.75, 3.05) is 13.1 Å². The maximum Gasteiger partial charge on any atom is 0.110 e. The molecule has 1 aliphatic heterocycles. The van der Waals surface area contributed by atoms with E-state index in [0.29, 0.717) is 5.92 Å². The number of likely N-dealkylation sites (tertiary alicyclic amines) is 1. The fourth-order valence-electron chi connectivity index (χ4n) is 3.83. The molecule has 1 fully saturated rings. The zero-order valence-corrected chi connectivity index (χ0v) is 15.5. The Morgan fingerprint density at radius 1 is 1.08 bits per heavy atom. The van der Waals surface area contributed by atoms with Gasteiger partial charge in [0.1, 0.15) is 11.5 Å². The normalized spacial score (nSPS) is 18.2. The number of piperidine rings is 1. The van der Waals surface area contributed by atoms with E-state index in [9.17, 15) is 0 Å². The van der Waals surface area contributed by atoms with Crippen LogP contribution in [-0.4, -0.2) is 37.5 Å². The molecule has 0 bridgehead atoms. The van der Waals surface area contributed by atoms with Crippen molar-refractivity contribution in [3.63, 3.8) is 0 Å². The molecule has 1 atom stereocenters. The van der Waals surface area contributed by atoms with E-state index in [1.807, 2.05) is 26.4 Å². The topological polar surface area (TPSA) is 46.8 Å². The van der Waals surface area contributed by atoms with Crippen molar-refractivity contribution in [3.8, 4) is 11.4 Å². The predicted octanol–water partition coefficient (Wildman–Crippen LogP) is 3.57. The molecule has 4 rings (SSSR count). The van der Waals surface area contributed by atoms with Crippen LogP contribution in [0.2, 0.25) is 0 Å². The molecule has 26 heavy (non-hydrogen) atoms. The van der Waals surface area contributed by atoms with E-state index in [2.05, 4.69) is 49.8 Å². The fourth-order valence-corrected chi connectivity index (χ4v) is 3.83. The summed E-state index contributed by atoms with van der Waals surface area (Å²) in [7, 11) is 2.04. The van der Waals surface area contributed by atoms with E-state index in [4.69, 9.17) is 4.98 Å². The highest BCUT2D eigenvalue weighted by Gasteiger charge is 2.26. The van der Waals surface area contributed by atoms with Gasteiger partial charge in [0.25, 0.3) is 0 Å². The third kappa shape index (κ3) is 3.40. The SMILES string of the molecule is Cc1ncc(-c2nccnc2[C@H]2CCCN(Cc3ccccc3)C2)n1C. The summed E-state index contributed by atoms with van der Waals surface area (Å²) in [6, 6.07) is 10.7. The summed E-state index contributed by atoms with van der Waals surface area (Å²) < 4.78 is 2.10. The van der Waals surface area contributed by atoms with Crippen molar-refractivity contribution in [1.29, 1.82) is 0 Å². The highest BCUT2D eigenvalue weighted by Crippen LogP contribution is 2.32. The number of benzene rings is 1. The van der Waals surface area contributed by atoms with Crippen molar-refractivity contribution in [1.82, 2.24) is 24.4 Å². The summed E-state index contributed by atoms with van der Waals surface area (Å²) in [6.07, 6.45) is 7.86. The summed E-state index contributed by atoms with van der Waals surface area (Å²) >= 11 is 0. The first kappa shape index (κ1) is 16.9. The van der Waals surface area contributed by atoms with Gasteiger partial charge < -0.3 is 4.57 Å². The lowest BCUT2D eigenvalue weighted by molar-refractivity contribution is 0.198. The lowest BCUT2D eigenvalue weighted by atomic mass is 9.92. The van der Waals surface area contributed by atoms with E-state index >= 15 is 0 Å². The molecule has 1 saturated heterocycles. The second kappa shape index (κ2) is 7.38. The van der Waals surface area contributed by atoms with Gasteiger partial charge in [-0.3, -0.25) is 14.9 Å². The summed E-state index contributed by atoms with van der Waals surface area (Å²) in [4.78, 5) is 16.4. The minimum atomic E-state index is 0.409. The first-order valence-electron chi connectivity index (χ1n) is 9.28. The van der Waals surface area contributed by atoms with Gasteiger partial charge in [-0.2, -0.15) is 0 Å². The summed E-state index contributed by atoms with van der Waals surface area (Å²) in [5.74, 6) is 1.40. The summed E-state index contributed by atoms with van der Waals surface area (Å²) in [5.41, 5.74) is 4.50. The van der Waals surface area contributed by atoms with E-state index in [1.54, 1.807) is 6.20 Å². The molecule has 0 unspecified atom stereocenters. The van der Waals surface area contributed by atoms with Crippen LogP contribution in [-0.2, 0) is 13.6 Å². The molecular formula is C21H25N5. The quantitative estimate of drug-likeness (QED) is 0.724. The molecule has 1 aromatic carbocycles. The van der Waals surface area contributed by atoms with Gasteiger partial charge in [0, 0.05) is 38.4 Å². The van der Waals surface area contributed by atoms with Gasteiger partial charge in [-0.1, -0.05) is 30.3 Å². The molecule has 0 radical (unpaired) electrons. The average molecular weight is 347 g/mol. The lowest BCUT2D eigenvalue weighted by Gasteiger charge is -2.33. The van der Waals surface area contributed by atoms with Crippen molar-refractivity contribution < 1.29 is 0 Å². The molecule has 3 heterocycles. The van der Waals surface area contributed by atoms with Gasteiger partial charge in [0.15, 0.2) is 0 Å². The zero-order chi connectivity index (χ0) is 17.9. The van der Waals surface area contributed by atoms with Crippen LogP contribution in [0.15, 0.2) is 48.9 Å². The summed E-state index contributed by atoms with van der Waals surface area (Å²) in [6.45, 7) is 5.18. The lowest BCUT2D eigenvalue weighted by Crippen LogP contribution is -2.34. The molecule has 0 aliphatic carbocycles. The minimum absolute atomic E-state index is 0.409. The third-order valence-electron chi connectivity index (χ3n) is 5.33. The Labute approximate surface area is 154 Å². The number of nitrogens with zero attached hydrogens (tertiary/aromatic N) is 5. The number of hydrogen-bond donors (Lipinski definition) is 0. The zero-order valence-electron chi connectivity index (χ0n) is 15.5. The van der Waals surface area contributed by atoms with Gasteiger partial charge in [0.2, 0.25) is 0 Å². The van der Waals surface area contributed by atoms with Crippen molar-refractivity contribution in [2.24, 2.45) is 7.05 Å². The predicted molar refractivity (Wildman–Crippen MR) is 103 cm³/mol. The maximum absolute atomic E-state index is 4.74. The number of aromatic nitrogens is 4. The molecule has 134 valence electrons. The van der Waals surface area contributed by atoms with Gasteiger partial charge >= 0.3 is 0 Å². The fraction of sp³-hybridized carbons (Fsp3) is 0.381. The second-order valence-corrected chi connectivity index (χ2v) is 7.10. The van der Waals surface area contributed by atoms with Crippen molar-refractivity contribution in [3.05, 3.63) is 66.0 Å². The highest BCUT2D eigenvalue weighted by molar-refractivity contribution is 5.58. The molecule has 3 aromatic rings. The van der Waals surface area contributed by atoms with Gasteiger partial charge in [-0.15, -0.1) is 0 Å². The Bertz CT molecular complexity index is 871. The number of hydrogen-bond acceptors (Lipinski definition) is 4. The molecule has 2 aromatic heterocycles. The molecule has 0 spiro atoms. The van der Waals surface area contributed by atoms with Crippen LogP contribution in [0.4, 0.5) is 0 Å². The monoisotopic (exact) mass is 347 g/mol. The van der Waals surface area contributed by atoms with Crippen LogP contribution in [0.3, 0.4) is 0 Å². The third-order valence-corrected chi connectivity index (χ3v) is 5.33. The Balaban J connectivity index is 1.58. The van der Waals surface area contributed by atoms with Gasteiger partial charge in [0.05, 0.1) is 17.6 Å². The van der Waals surface area contributed by atoms with Gasteiger partial charge in [-0.05, 0) is 31.9 Å². The van der Waals surface area contributed by atoms with Crippen LogP contribution in [0.1, 0.15) is 35.8 Å². The molecule has 0 N–H and O–H groups in total. The molecule has 5 heteroatoms. The Hall–Kier alpha value is -2.53. The van der Waals surface area contributed by atoms with Gasteiger partial charge in [-0.25, -0.2) is 4.98 Å². The van der Waals surface area contributed by atoms with Crippen LogP contribution < -0.4 is 0 Å². The highest BCUT2D eigenvalue weighted by atomic mass is 15.1. The van der Waals surface area contributed by atoms with E-state index < -0.39 is 0 Å². The number of imidazole rings is 1. The van der Waals surface area contributed by atoms with Crippen LogP contribution in [0.25, 0.3) is 11.4 Å². The Morgan fingerprint density at radius 2 is 1.88 bits per heavy atom. The minimum Gasteiger partial charge on any atom is -0.330 e. The Morgan fingerprint density at radius 3 is 2.65 bits per heavy atom. The first-order chi connectivity index (χ1) is 12.7.